The van der Waals surface area contributed by atoms with Crippen LogP contribution >= 0.6 is 0 Å². The lowest BCUT2D eigenvalue weighted by molar-refractivity contribution is 0.191. The standard InChI is InChI=1S/C14H21N3O2/c1-18-8-3-6-17(7-9-19-2)13-5-4-12(11-15)14(16)10-13/h4-5,10H,3,6-9,16H2,1-2H3. The van der Waals surface area contributed by atoms with Crippen LogP contribution in [0.25, 0.3) is 0 Å². The maximum absolute atomic E-state index is 8.88. The molecule has 5 heteroatoms. The van der Waals surface area contributed by atoms with Gasteiger partial charge in [-0.2, -0.15) is 5.26 Å². The van der Waals surface area contributed by atoms with Crippen molar-refractivity contribution in [3.8, 4) is 6.07 Å². The molecule has 0 unspecified atom stereocenters. The number of nitrogen functional groups attached to an aromatic ring is 1. The zero-order valence-electron chi connectivity index (χ0n) is 11.6. The summed E-state index contributed by atoms with van der Waals surface area (Å²) in [6.07, 6.45) is 0.931. The highest BCUT2D eigenvalue weighted by atomic mass is 16.5. The minimum Gasteiger partial charge on any atom is -0.398 e. The predicted molar refractivity (Wildman–Crippen MR) is 76.2 cm³/mol. The number of nitrogens with zero attached hydrogens (tertiary/aromatic N) is 2. The Balaban J connectivity index is 2.78. The number of hydrogen-bond donors (Lipinski definition) is 1. The predicted octanol–water partition coefficient (Wildman–Crippen LogP) is 1.63. The molecule has 19 heavy (non-hydrogen) atoms. The van der Waals surface area contributed by atoms with Gasteiger partial charge < -0.3 is 20.1 Å². The number of hydrogen-bond acceptors (Lipinski definition) is 5. The molecule has 5 nitrogen and oxygen atoms in total. The first-order valence-electron chi connectivity index (χ1n) is 6.25. The van der Waals surface area contributed by atoms with E-state index in [0.29, 0.717) is 17.9 Å². The van der Waals surface area contributed by atoms with E-state index in [4.69, 9.17) is 20.5 Å². The SMILES string of the molecule is COCCCN(CCOC)c1ccc(C#N)c(N)c1. The van der Waals surface area contributed by atoms with Crippen molar-refractivity contribution in [3.05, 3.63) is 23.8 Å². The molecule has 0 heterocycles. The highest BCUT2D eigenvalue weighted by molar-refractivity contribution is 5.63. The molecule has 0 radical (unpaired) electrons. The molecule has 0 aliphatic rings. The molecule has 0 aliphatic carbocycles. The molecule has 0 atom stereocenters. The Morgan fingerprint density at radius 1 is 1.21 bits per heavy atom. The largest absolute Gasteiger partial charge is 0.398 e. The highest BCUT2D eigenvalue weighted by Crippen LogP contribution is 2.21. The van der Waals surface area contributed by atoms with E-state index in [2.05, 4.69) is 11.0 Å². The third-order valence-corrected chi connectivity index (χ3v) is 2.86. The molecule has 0 fully saturated rings. The molecule has 104 valence electrons. The van der Waals surface area contributed by atoms with Crippen LogP contribution in [0.4, 0.5) is 11.4 Å². The second kappa shape index (κ2) is 8.35. The Morgan fingerprint density at radius 2 is 1.95 bits per heavy atom. The quantitative estimate of drug-likeness (QED) is 0.570. The van der Waals surface area contributed by atoms with Crippen molar-refractivity contribution in [2.75, 3.05) is 51.2 Å². The Morgan fingerprint density at radius 3 is 2.53 bits per heavy atom. The number of nitrogens with two attached hydrogens (primary N) is 1. The number of anilines is 2. The third-order valence-electron chi connectivity index (χ3n) is 2.86. The van der Waals surface area contributed by atoms with Gasteiger partial charge in [0, 0.05) is 39.6 Å². The van der Waals surface area contributed by atoms with Gasteiger partial charge in [0.05, 0.1) is 17.9 Å². The van der Waals surface area contributed by atoms with E-state index in [9.17, 15) is 0 Å². The van der Waals surface area contributed by atoms with E-state index in [1.165, 1.54) is 0 Å². The molecular weight excluding hydrogens is 242 g/mol. The molecule has 1 rings (SSSR count). The third kappa shape index (κ3) is 4.78. The van der Waals surface area contributed by atoms with Crippen LogP contribution in [0.5, 0.6) is 0 Å². The van der Waals surface area contributed by atoms with Gasteiger partial charge in [0.15, 0.2) is 0 Å². The van der Waals surface area contributed by atoms with Crippen molar-refractivity contribution in [1.82, 2.24) is 0 Å². The van der Waals surface area contributed by atoms with E-state index in [0.717, 1.165) is 31.8 Å². The molecule has 0 aromatic heterocycles. The van der Waals surface area contributed by atoms with Crippen LogP contribution < -0.4 is 10.6 Å². The summed E-state index contributed by atoms with van der Waals surface area (Å²) in [5, 5.41) is 8.88. The van der Waals surface area contributed by atoms with Crippen LogP contribution in [-0.4, -0.2) is 40.5 Å². The minimum atomic E-state index is 0.507. The molecule has 0 saturated carbocycles. The Hall–Kier alpha value is -1.77. The zero-order chi connectivity index (χ0) is 14.1. The summed E-state index contributed by atoms with van der Waals surface area (Å²) in [7, 11) is 3.37. The summed E-state index contributed by atoms with van der Waals surface area (Å²) >= 11 is 0. The molecule has 0 spiro atoms. The molecular formula is C14H21N3O2. The van der Waals surface area contributed by atoms with Gasteiger partial charge in [-0.1, -0.05) is 0 Å². The van der Waals surface area contributed by atoms with Crippen molar-refractivity contribution >= 4 is 11.4 Å². The van der Waals surface area contributed by atoms with Crippen molar-refractivity contribution in [1.29, 1.82) is 5.26 Å². The lowest BCUT2D eigenvalue weighted by Gasteiger charge is -2.25. The van der Waals surface area contributed by atoms with Crippen LogP contribution in [-0.2, 0) is 9.47 Å². The van der Waals surface area contributed by atoms with Gasteiger partial charge in [0.1, 0.15) is 6.07 Å². The van der Waals surface area contributed by atoms with Crippen LogP contribution in [0.2, 0.25) is 0 Å². The maximum atomic E-state index is 8.88. The molecule has 1 aromatic rings. The van der Waals surface area contributed by atoms with Gasteiger partial charge in [-0.15, -0.1) is 0 Å². The van der Waals surface area contributed by atoms with Crippen molar-refractivity contribution < 1.29 is 9.47 Å². The number of methoxy groups -OCH3 is 2. The van der Waals surface area contributed by atoms with Gasteiger partial charge in [0.25, 0.3) is 0 Å². The molecule has 1 aromatic carbocycles. The van der Waals surface area contributed by atoms with Gasteiger partial charge in [-0.3, -0.25) is 0 Å². The van der Waals surface area contributed by atoms with Crippen molar-refractivity contribution in [3.63, 3.8) is 0 Å². The molecule has 0 bridgehead atoms. The van der Waals surface area contributed by atoms with Crippen LogP contribution in [0.3, 0.4) is 0 Å². The van der Waals surface area contributed by atoms with E-state index in [1.807, 2.05) is 12.1 Å². The summed E-state index contributed by atoms with van der Waals surface area (Å²) in [5.41, 5.74) is 7.87. The first-order valence-corrected chi connectivity index (χ1v) is 6.25. The van der Waals surface area contributed by atoms with Crippen molar-refractivity contribution in [2.24, 2.45) is 0 Å². The number of nitriles is 1. The monoisotopic (exact) mass is 263 g/mol. The van der Waals surface area contributed by atoms with Crippen molar-refractivity contribution in [2.45, 2.75) is 6.42 Å². The van der Waals surface area contributed by atoms with E-state index in [1.54, 1.807) is 20.3 Å². The number of rotatable bonds is 8. The summed E-state index contributed by atoms with van der Waals surface area (Å²) in [6, 6.07) is 7.57. The lowest BCUT2D eigenvalue weighted by atomic mass is 10.1. The second-order valence-electron chi connectivity index (χ2n) is 4.21. The molecule has 0 amide bonds. The molecule has 0 saturated heterocycles. The molecule has 0 aliphatic heterocycles. The average Bonchev–Trinajstić information content (AvgIpc) is 2.42. The average molecular weight is 263 g/mol. The first-order chi connectivity index (χ1) is 9.22. The Bertz CT molecular complexity index is 429. The fourth-order valence-corrected chi connectivity index (χ4v) is 1.82. The van der Waals surface area contributed by atoms with E-state index < -0.39 is 0 Å². The van der Waals surface area contributed by atoms with Gasteiger partial charge in [-0.05, 0) is 24.6 Å². The number of benzene rings is 1. The fraction of sp³-hybridized carbons (Fsp3) is 0.500. The maximum Gasteiger partial charge on any atom is 0.101 e. The van der Waals surface area contributed by atoms with Gasteiger partial charge >= 0.3 is 0 Å². The topological polar surface area (TPSA) is 71.5 Å². The van der Waals surface area contributed by atoms with Crippen LogP contribution in [0.1, 0.15) is 12.0 Å². The van der Waals surface area contributed by atoms with Crippen LogP contribution in [0, 0.1) is 11.3 Å². The highest BCUT2D eigenvalue weighted by Gasteiger charge is 2.08. The van der Waals surface area contributed by atoms with Gasteiger partial charge in [0.2, 0.25) is 0 Å². The van der Waals surface area contributed by atoms with Crippen LogP contribution in [0.15, 0.2) is 18.2 Å². The Labute approximate surface area is 114 Å². The normalized spacial score (nSPS) is 10.2. The lowest BCUT2D eigenvalue weighted by Crippen LogP contribution is -2.29. The minimum absolute atomic E-state index is 0.507. The summed E-state index contributed by atoms with van der Waals surface area (Å²) in [4.78, 5) is 2.18. The second-order valence-corrected chi connectivity index (χ2v) is 4.21. The summed E-state index contributed by atoms with van der Waals surface area (Å²) in [6.45, 7) is 3.01. The summed E-state index contributed by atoms with van der Waals surface area (Å²) in [5.74, 6) is 0. The fourth-order valence-electron chi connectivity index (χ4n) is 1.82. The Kier molecular flexibility index (Phi) is 6.72. The smallest absolute Gasteiger partial charge is 0.101 e. The summed E-state index contributed by atoms with van der Waals surface area (Å²) < 4.78 is 10.2. The zero-order valence-corrected chi connectivity index (χ0v) is 11.6. The van der Waals surface area contributed by atoms with Gasteiger partial charge in [-0.25, -0.2) is 0 Å². The molecule has 2 N–H and O–H groups in total. The number of ether oxygens (including phenoxy) is 2. The van der Waals surface area contributed by atoms with E-state index >= 15 is 0 Å². The first kappa shape index (κ1) is 15.3. The van der Waals surface area contributed by atoms with E-state index in [-0.39, 0.29) is 0 Å².